The molecule has 26 heavy (non-hydrogen) atoms. The number of likely N-dealkylation sites (tertiary alicyclic amines) is 1. The molecule has 0 spiro atoms. The van der Waals surface area contributed by atoms with Gasteiger partial charge in [-0.05, 0) is 24.0 Å². The number of aliphatic hydroxyl groups is 1. The Morgan fingerprint density at radius 1 is 1.12 bits per heavy atom. The fraction of sp³-hybridized carbons (Fsp3) is 0.429. The molecule has 4 atom stereocenters. The minimum atomic E-state index is -0.669. The Hall–Kier alpha value is -2.24. The molecule has 2 aromatic carbocycles. The summed E-state index contributed by atoms with van der Waals surface area (Å²) in [5, 5.41) is 22.1. The van der Waals surface area contributed by atoms with E-state index in [4.69, 9.17) is 0 Å². The summed E-state index contributed by atoms with van der Waals surface area (Å²) in [6.45, 7) is 2.06. The van der Waals surface area contributed by atoms with Crippen molar-refractivity contribution in [1.82, 2.24) is 4.90 Å². The number of rotatable bonds is 6. The number of aliphatic hydroxyl groups excluding tert-OH is 1. The summed E-state index contributed by atoms with van der Waals surface area (Å²) in [6.07, 6.45) is 2.24. The van der Waals surface area contributed by atoms with Crippen molar-refractivity contribution in [1.29, 1.82) is 0 Å². The minimum Gasteiger partial charge on any atom is -0.394 e. The molecule has 1 fully saturated rings. The van der Waals surface area contributed by atoms with E-state index in [0.29, 0.717) is 6.42 Å². The zero-order valence-corrected chi connectivity index (χ0v) is 15.1. The standard InChI is InChI=1S/C21H26N2O3/c1-2-18-13-14-19(23(25)26)21(17-11-7-4-8-12-17)22(18)20(15-24)16-9-5-3-6-10-16/h3-12,18-21,24H,2,13-15H2,1H3. The maximum Gasteiger partial charge on any atom is 0.232 e. The molecule has 1 N–H and O–H groups in total. The topological polar surface area (TPSA) is 66.6 Å². The molecule has 2 aromatic rings. The molecule has 0 amide bonds. The molecule has 5 heteroatoms. The normalized spacial score (nSPS) is 24.9. The van der Waals surface area contributed by atoms with Crippen molar-refractivity contribution in [3.05, 3.63) is 81.9 Å². The van der Waals surface area contributed by atoms with Gasteiger partial charge in [-0.15, -0.1) is 0 Å². The Balaban J connectivity index is 2.09. The van der Waals surface area contributed by atoms with E-state index in [1.165, 1.54) is 0 Å². The predicted octanol–water partition coefficient (Wildman–Crippen LogP) is 3.98. The van der Waals surface area contributed by atoms with Crippen molar-refractivity contribution in [2.45, 2.75) is 50.4 Å². The number of nitro groups is 1. The summed E-state index contributed by atoms with van der Waals surface area (Å²) in [5.74, 6) is 0. The number of nitrogens with zero attached hydrogens (tertiary/aromatic N) is 2. The summed E-state index contributed by atoms with van der Waals surface area (Å²) in [7, 11) is 0. The van der Waals surface area contributed by atoms with Crippen LogP contribution in [0.2, 0.25) is 0 Å². The van der Waals surface area contributed by atoms with Gasteiger partial charge in [0.1, 0.15) is 6.04 Å². The third kappa shape index (κ3) is 3.64. The Morgan fingerprint density at radius 2 is 1.73 bits per heavy atom. The molecule has 1 aliphatic rings. The number of piperidine rings is 1. The summed E-state index contributed by atoms with van der Waals surface area (Å²) in [6, 6.07) is 18.5. The molecular formula is C21H26N2O3. The Morgan fingerprint density at radius 3 is 2.27 bits per heavy atom. The molecule has 1 saturated heterocycles. The third-order valence-electron chi connectivity index (χ3n) is 5.50. The van der Waals surface area contributed by atoms with E-state index in [0.717, 1.165) is 24.0 Å². The van der Waals surface area contributed by atoms with Crippen LogP contribution >= 0.6 is 0 Å². The van der Waals surface area contributed by atoms with Gasteiger partial charge in [-0.25, -0.2) is 0 Å². The zero-order chi connectivity index (χ0) is 18.5. The fourth-order valence-electron chi connectivity index (χ4n) is 4.27. The van der Waals surface area contributed by atoms with Crippen LogP contribution in [-0.2, 0) is 0 Å². The number of benzene rings is 2. The van der Waals surface area contributed by atoms with Crippen molar-refractivity contribution in [3.63, 3.8) is 0 Å². The van der Waals surface area contributed by atoms with Gasteiger partial charge in [0.15, 0.2) is 0 Å². The van der Waals surface area contributed by atoms with E-state index in [1.807, 2.05) is 60.7 Å². The second-order valence-corrected chi connectivity index (χ2v) is 6.90. The van der Waals surface area contributed by atoms with Crippen LogP contribution < -0.4 is 0 Å². The highest BCUT2D eigenvalue weighted by molar-refractivity contribution is 5.25. The van der Waals surface area contributed by atoms with Crippen LogP contribution in [0.25, 0.3) is 0 Å². The Labute approximate surface area is 154 Å². The maximum atomic E-state index is 11.8. The highest BCUT2D eigenvalue weighted by Gasteiger charge is 2.46. The molecule has 1 heterocycles. The van der Waals surface area contributed by atoms with Crippen LogP contribution in [0.3, 0.4) is 0 Å². The van der Waals surface area contributed by atoms with Gasteiger partial charge in [0.2, 0.25) is 6.04 Å². The lowest BCUT2D eigenvalue weighted by Crippen LogP contribution is -2.52. The van der Waals surface area contributed by atoms with Crippen LogP contribution in [0.4, 0.5) is 0 Å². The minimum absolute atomic E-state index is 0.0612. The first-order valence-corrected chi connectivity index (χ1v) is 9.29. The van der Waals surface area contributed by atoms with Gasteiger partial charge in [-0.1, -0.05) is 67.6 Å². The fourth-order valence-corrected chi connectivity index (χ4v) is 4.27. The van der Waals surface area contributed by atoms with Crippen LogP contribution in [-0.4, -0.2) is 33.6 Å². The first kappa shape index (κ1) is 18.5. The van der Waals surface area contributed by atoms with Crippen LogP contribution in [0.1, 0.15) is 49.4 Å². The quantitative estimate of drug-likeness (QED) is 0.629. The van der Waals surface area contributed by atoms with Crippen molar-refractivity contribution in [3.8, 4) is 0 Å². The summed E-state index contributed by atoms with van der Waals surface area (Å²) in [5.41, 5.74) is 1.94. The zero-order valence-electron chi connectivity index (χ0n) is 15.1. The molecule has 5 nitrogen and oxygen atoms in total. The van der Waals surface area contributed by atoms with Gasteiger partial charge < -0.3 is 5.11 Å². The average molecular weight is 354 g/mol. The van der Waals surface area contributed by atoms with Crippen molar-refractivity contribution in [2.75, 3.05) is 6.61 Å². The molecule has 4 unspecified atom stereocenters. The predicted molar refractivity (Wildman–Crippen MR) is 101 cm³/mol. The van der Waals surface area contributed by atoms with Crippen LogP contribution in [0, 0.1) is 10.1 Å². The van der Waals surface area contributed by atoms with Crippen molar-refractivity contribution in [2.24, 2.45) is 0 Å². The van der Waals surface area contributed by atoms with Crippen LogP contribution in [0.5, 0.6) is 0 Å². The van der Waals surface area contributed by atoms with Gasteiger partial charge >= 0.3 is 0 Å². The Kier molecular flexibility index (Phi) is 6.01. The largest absolute Gasteiger partial charge is 0.394 e. The monoisotopic (exact) mass is 354 g/mol. The van der Waals surface area contributed by atoms with Gasteiger partial charge in [-0.3, -0.25) is 15.0 Å². The molecule has 138 valence electrons. The second kappa shape index (κ2) is 8.43. The molecule has 0 aliphatic carbocycles. The Bertz CT molecular complexity index is 708. The van der Waals surface area contributed by atoms with E-state index in [2.05, 4.69) is 11.8 Å². The molecule has 1 aliphatic heterocycles. The second-order valence-electron chi connectivity index (χ2n) is 6.90. The smallest absolute Gasteiger partial charge is 0.232 e. The van der Waals surface area contributed by atoms with E-state index in [9.17, 15) is 15.2 Å². The summed E-state index contributed by atoms with van der Waals surface area (Å²) in [4.78, 5) is 13.9. The molecule has 0 bridgehead atoms. The van der Waals surface area contributed by atoms with E-state index in [-0.39, 0.29) is 29.7 Å². The summed E-state index contributed by atoms with van der Waals surface area (Å²) < 4.78 is 0. The average Bonchev–Trinajstić information content (AvgIpc) is 2.69. The molecule has 0 saturated carbocycles. The van der Waals surface area contributed by atoms with E-state index in [1.54, 1.807) is 0 Å². The molecule has 0 radical (unpaired) electrons. The van der Waals surface area contributed by atoms with E-state index < -0.39 is 6.04 Å². The molecule has 0 aromatic heterocycles. The van der Waals surface area contributed by atoms with Crippen molar-refractivity contribution >= 4 is 0 Å². The lowest BCUT2D eigenvalue weighted by atomic mass is 9.83. The summed E-state index contributed by atoms with van der Waals surface area (Å²) >= 11 is 0. The highest BCUT2D eigenvalue weighted by atomic mass is 16.6. The lowest BCUT2D eigenvalue weighted by Gasteiger charge is -2.47. The molecular weight excluding hydrogens is 328 g/mol. The van der Waals surface area contributed by atoms with Gasteiger partial charge in [0.25, 0.3) is 0 Å². The van der Waals surface area contributed by atoms with Gasteiger partial charge in [0, 0.05) is 17.4 Å². The highest BCUT2D eigenvalue weighted by Crippen LogP contribution is 2.42. The SMILES string of the molecule is CCC1CCC([N+](=O)[O-])C(c2ccccc2)N1C(CO)c1ccccc1. The molecule has 3 rings (SSSR count). The first-order valence-electron chi connectivity index (χ1n) is 9.29. The number of hydrogen-bond acceptors (Lipinski definition) is 4. The van der Waals surface area contributed by atoms with Crippen LogP contribution in [0.15, 0.2) is 60.7 Å². The first-order chi connectivity index (χ1) is 12.7. The van der Waals surface area contributed by atoms with Gasteiger partial charge in [0.05, 0.1) is 12.6 Å². The van der Waals surface area contributed by atoms with Gasteiger partial charge in [-0.2, -0.15) is 0 Å². The number of hydrogen-bond donors (Lipinski definition) is 1. The van der Waals surface area contributed by atoms with Crippen molar-refractivity contribution < 1.29 is 10.0 Å². The third-order valence-corrected chi connectivity index (χ3v) is 5.50. The lowest BCUT2D eigenvalue weighted by molar-refractivity contribution is -0.537. The maximum absolute atomic E-state index is 11.8. The van der Waals surface area contributed by atoms with E-state index >= 15 is 0 Å².